The Morgan fingerprint density at radius 3 is 2.27 bits per heavy atom. The lowest BCUT2D eigenvalue weighted by Gasteiger charge is -2.25. The smallest absolute Gasteiger partial charge is 0.338 e. The van der Waals surface area contributed by atoms with E-state index >= 15 is 0 Å². The first-order valence-electron chi connectivity index (χ1n) is 9.68. The van der Waals surface area contributed by atoms with Crippen molar-refractivity contribution in [2.45, 2.75) is 11.4 Å². The van der Waals surface area contributed by atoms with Crippen molar-refractivity contribution in [3.05, 3.63) is 88.9 Å². The van der Waals surface area contributed by atoms with Crippen molar-refractivity contribution >= 4 is 39.2 Å². The zero-order valence-electron chi connectivity index (χ0n) is 17.6. The summed E-state index contributed by atoms with van der Waals surface area (Å²) in [7, 11) is -2.72. The summed E-state index contributed by atoms with van der Waals surface area (Å²) >= 11 is 6.24. The number of carbonyl (C=O) groups is 2. The van der Waals surface area contributed by atoms with Crippen LogP contribution in [0.1, 0.15) is 15.9 Å². The summed E-state index contributed by atoms with van der Waals surface area (Å²) in [5.74, 6) is -1.17. The first-order chi connectivity index (χ1) is 15.7. The number of hydrogen-bond donors (Lipinski definition) is 1. The monoisotopic (exact) mass is 488 g/mol. The summed E-state index contributed by atoms with van der Waals surface area (Å²) in [5.41, 5.74) is 6.02. The number of hydrogen-bond acceptors (Lipinski definition) is 6. The number of nitrogens with two attached hydrogens (primary N) is 1. The van der Waals surface area contributed by atoms with Crippen LogP contribution in [0.3, 0.4) is 0 Å². The van der Waals surface area contributed by atoms with Gasteiger partial charge in [-0.15, -0.1) is 0 Å². The minimum atomic E-state index is -4.23. The van der Waals surface area contributed by atoms with Crippen molar-refractivity contribution in [3.63, 3.8) is 0 Å². The normalized spacial score (nSPS) is 11.0. The van der Waals surface area contributed by atoms with E-state index in [9.17, 15) is 18.0 Å². The average Bonchev–Trinajstić information content (AvgIpc) is 2.81. The van der Waals surface area contributed by atoms with Crippen LogP contribution < -0.4 is 14.8 Å². The second-order valence-electron chi connectivity index (χ2n) is 6.88. The SMILES string of the molecule is COc1ccc(N(Cc2ccccc2)S(=O)(=O)c2cc(C(=O)OCC(N)=O)ccc2Cl)cc1. The molecule has 0 aliphatic heterocycles. The Morgan fingerprint density at radius 1 is 1.00 bits per heavy atom. The highest BCUT2D eigenvalue weighted by Crippen LogP contribution is 2.32. The van der Waals surface area contributed by atoms with Crippen molar-refractivity contribution in [1.29, 1.82) is 0 Å². The Hall–Kier alpha value is -3.56. The number of carbonyl (C=O) groups excluding carboxylic acids is 2. The summed E-state index contributed by atoms with van der Waals surface area (Å²) in [6, 6.07) is 19.2. The number of esters is 1. The molecule has 0 atom stereocenters. The van der Waals surface area contributed by atoms with Crippen LogP contribution in [0.5, 0.6) is 5.75 Å². The molecule has 3 aromatic carbocycles. The van der Waals surface area contributed by atoms with Crippen LogP contribution in [0.4, 0.5) is 5.69 Å². The number of rotatable bonds is 9. The molecule has 0 spiro atoms. The van der Waals surface area contributed by atoms with Gasteiger partial charge in [-0.3, -0.25) is 9.10 Å². The fourth-order valence-corrected chi connectivity index (χ4v) is 4.94. The van der Waals surface area contributed by atoms with E-state index in [1.165, 1.54) is 23.5 Å². The van der Waals surface area contributed by atoms with E-state index in [4.69, 9.17) is 26.8 Å². The van der Waals surface area contributed by atoms with Crippen molar-refractivity contribution in [3.8, 4) is 5.75 Å². The molecule has 0 unspecified atom stereocenters. The maximum Gasteiger partial charge on any atom is 0.338 e. The summed E-state index contributed by atoms with van der Waals surface area (Å²) in [5, 5.41) is -0.0759. The third-order valence-electron chi connectivity index (χ3n) is 4.61. The molecule has 33 heavy (non-hydrogen) atoms. The zero-order valence-corrected chi connectivity index (χ0v) is 19.2. The summed E-state index contributed by atoms with van der Waals surface area (Å²) in [6.45, 7) is -0.613. The Labute approximate surface area is 196 Å². The first-order valence-corrected chi connectivity index (χ1v) is 11.5. The van der Waals surface area contributed by atoms with Gasteiger partial charge in [0.1, 0.15) is 10.6 Å². The highest BCUT2D eigenvalue weighted by atomic mass is 35.5. The molecule has 0 saturated heterocycles. The van der Waals surface area contributed by atoms with Crippen LogP contribution in [0.2, 0.25) is 5.02 Å². The van der Waals surface area contributed by atoms with Gasteiger partial charge < -0.3 is 15.2 Å². The van der Waals surface area contributed by atoms with Gasteiger partial charge in [-0.05, 0) is 48.0 Å². The first kappa shape index (κ1) is 24.1. The van der Waals surface area contributed by atoms with E-state index in [0.717, 1.165) is 11.6 Å². The van der Waals surface area contributed by atoms with Gasteiger partial charge in [0, 0.05) is 0 Å². The van der Waals surface area contributed by atoms with Gasteiger partial charge in [-0.2, -0.15) is 0 Å². The van der Waals surface area contributed by atoms with Crippen LogP contribution in [-0.2, 0) is 26.1 Å². The number of amides is 1. The highest BCUT2D eigenvalue weighted by Gasteiger charge is 2.29. The maximum atomic E-state index is 13.7. The fourth-order valence-electron chi connectivity index (χ4n) is 2.98. The van der Waals surface area contributed by atoms with E-state index in [-0.39, 0.29) is 22.0 Å². The third-order valence-corrected chi connectivity index (χ3v) is 6.87. The molecule has 0 bridgehead atoms. The molecular weight excluding hydrogens is 468 g/mol. The lowest BCUT2D eigenvalue weighted by atomic mass is 10.2. The number of nitrogens with zero attached hydrogens (tertiary/aromatic N) is 1. The van der Waals surface area contributed by atoms with Crippen LogP contribution in [0.15, 0.2) is 77.7 Å². The van der Waals surface area contributed by atoms with Crippen LogP contribution in [0.25, 0.3) is 0 Å². The molecule has 0 aliphatic rings. The summed E-state index contributed by atoms with van der Waals surface area (Å²) < 4.78 is 38.6. The molecule has 0 aromatic heterocycles. The lowest BCUT2D eigenvalue weighted by Crippen LogP contribution is -2.31. The molecule has 2 N–H and O–H groups in total. The second kappa shape index (κ2) is 10.4. The standard InChI is InChI=1S/C23H21ClN2O6S/c1-31-19-10-8-18(9-11-19)26(14-16-5-3-2-4-6-16)33(29,30)21-13-17(7-12-20(21)24)23(28)32-15-22(25)27/h2-13H,14-15H2,1H3,(H2,25,27). The molecular formula is C23H21ClN2O6S. The van der Waals surface area contributed by atoms with Crippen molar-refractivity contribution in [1.82, 2.24) is 0 Å². The molecule has 0 radical (unpaired) electrons. The highest BCUT2D eigenvalue weighted by molar-refractivity contribution is 7.93. The Kier molecular flexibility index (Phi) is 7.57. The van der Waals surface area contributed by atoms with Crippen LogP contribution in [-0.4, -0.2) is 34.0 Å². The Balaban J connectivity index is 2.06. The number of ether oxygens (including phenoxy) is 2. The molecule has 1 amide bonds. The maximum absolute atomic E-state index is 13.7. The van der Waals surface area contributed by atoms with Gasteiger partial charge in [0.15, 0.2) is 6.61 Å². The number of methoxy groups -OCH3 is 1. The van der Waals surface area contributed by atoms with Gasteiger partial charge >= 0.3 is 5.97 Å². The fraction of sp³-hybridized carbons (Fsp3) is 0.130. The van der Waals surface area contributed by atoms with Gasteiger partial charge in [-0.25, -0.2) is 13.2 Å². The Morgan fingerprint density at radius 2 is 1.67 bits per heavy atom. The largest absolute Gasteiger partial charge is 0.497 e. The van der Waals surface area contributed by atoms with Gasteiger partial charge in [0.2, 0.25) is 0 Å². The van der Waals surface area contributed by atoms with E-state index in [1.807, 2.05) is 6.07 Å². The average molecular weight is 489 g/mol. The van der Waals surface area contributed by atoms with E-state index in [2.05, 4.69) is 0 Å². The third kappa shape index (κ3) is 5.82. The number of primary amides is 1. The topological polar surface area (TPSA) is 116 Å². The quantitative estimate of drug-likeness (QED) is 0.461. The molecule has 3 rings (SSSR count). The van der Waals surface area contributed by atoms with Gasteiger partial charge in [-0.1, -0.05) is 41.9 Å². The minimum Gasteiger partial charge on any atom is -0.497 e. The van der Waals surface area contributed by atoms with Crippen molar-refractivity contribution in [2.75, 3.05) is 18.0 Å². The lowest BCUT2D eigenvalue weighted by molar-refractivity contribution is -0.121. The van der Waals surface area contributed by atoms with Crippen LogP contribution in [0, 0.1) is 0 Å². The van der Waals surface area contributed by atoms with E-state index in [0.29, 0.717) is 11.4 Å². The number of halogens is 1. The predicted molar refractivity (Wildman–Crippen MR) is 124 cm³/mol. The number of sulfonamides is 1. The summed E-state index contributed by atoms with van der Waals surface area (Å²) in [4.78, 5) is 22.9. The van der Waals surface area contributed by atoms with Crippen molar-refractivity contribution in [2.24, 2.45) is 5.73 Å². The second-order valence-corrected chi connectivity index (χ2v) is 9.12. The molecule has 0 saturated carbocycles. The summed E-state index contributed by atoms with van der Waals surface area (Å²) in [6.07, 6.45) is 0. The zero-order chi connectivity index (χ0) is 24.0. The predicted octanol–water partition coefficient (Wildman–Crippen LogP) is 3.39. The molecule has 8 nitrogen and oxygen atoms in total. The van der Waals surface area contributed by atoms with E-state index in [1.54, 1.807) is 48.5 Å². The Bertz CT molecular complexity index is 1250. The molecule has 3 aromatic rings. The number of anilines is 1. The molecule has 10 heteroatoms. The van der Waals surface area contributed by atoms with Crippen LogP contribution >= 0.6 is 11.6 Å². The molecule has 172 valence electrons. The van der Waals surface area contributed by atoms with E-state index < -0.39 is 28.5 Å². The van der Waals surface area contributed by atoms with Gasteiger partial charge in [0.05, 0.1) is 29.9 Å². The minimum absolute atomic E-state index is 0.0161. The number of benzene rings is 3. The molecule has 0 heterocycles. The molecule has 0 fully saturated rings. The molecule has 0 aliphatic carbocycles. The van der Waals surface area contributed by atoms with Gasteiger partial charge in [0.25, 0.3) is 15.9 Å². The van der Waals surface area contributed by atoms with Crippen molar-refractivity contribution < 1.29 is 27.5 Å².